The van der Waals surface area contributed by atoms with Crippen molar-refractivity contribution in [3.05, 3.63) is 89.5 Å². The lowest BCUT2D eigenvalue weighted by Crippen LogP contribution is -2.29. The number of aliphatic hydroxyl groups is 1. The van der Waals surface area contributed by atoms with Crippen LogP contribution < -0.4 is 23.8 Å². The highest BCUT2D eigenvalue weighted by atomic mass is 32.1. The van der Waals surface area contributed by atoms with Gasteiger partial charge in [0.15, 0.2) is 16.6 Å². The van der Waals surface area contributed by atoms with Crippen molar-refractivity contribution in [3.63, 3.8) is 0 Å². The van der Waals surface area contributed by atoms with Gasteiger partial charge in [-0.15, -0.1) is 0 Å². The van der Waals surface area contributed by atoms with E-state index in [4.69, 9.17) is 23.9 Å². The van der Waals surface area contributed by atoms with E-state index in [1.54, 1.807) is 36.4 Å². The lowest BCUT2D eigenvalue weighted by atomic mass is 9.94. The minimum absolute atomic E-state index is 0.00839. The Kier molecular flexibility index (Phi) is 8.01. The second-order valence-electron chi connectivity index (χ2n) is 10.4. The van der Waals surface area contributed by atoms with Crippen LogP contribution in [0.4, 0.5) is 5.13 Å². The molecule has 0 radical (unpaired) electrons. The second kappa shape index (κ2) is 12.0. The molecule has 1 saturated heterocycles. The number of nitrogens with zero attached hydrogens (tertiary/aromatic N) is 2. The van der Waals surface area contributed by atoms with Crippen LogP contribution in [-0.2, 0) is 16.0 Å². The fourth-order valence-electron chi connectivity index (χ4n) is 5.55. The van der Waals surface area contributed by atoms with Crippen molar-refractivity contribution in [1.29, 1.82) is 0 Å². The Morgan fingerprint density at radius 2 is 1.89 bits per heavy atom. The van der Waals surface area contributed by atoms with Gasteiger partial charge in [0.2, 0.25) is 0 Å². The van der Waals surface area contributed by atoms with Gasteiger partial charge in [-0.25, -0.2) is 4.98 Å². The Morgan fingerprint density at radius 3 is 2.66 bits per heavy atom. The van der Waals surface area contributed by atoms with Crippen molar-refractivity contribution in [2.75, 3.05) is 24.7 Å². The molecule has 1 aromatic heterocycles. The van der Waals surface area contributed by atoms with Crippen LogP contribution in [0.3, 0.4) is 0 Å². The smallest absolute Gasteiger partial charge is 0.301 e. The number of benzene rings is 3. The van der Waals surface area contributed by atoms with Crippen LogP contribution in [-0.4, -0.2) is 47.7 Å². The van der Waals surface area contributed by atoms with E-state index in [0.29, 0.717) is 58.7 Å². The third kappa shape index (κ3) is 5.26. The Bertz CT molecular complexity index is 1810. The summed E-state index contributed by atoms with van der Waals surface area (Å²) >= 11 is 1.27. The highest BCUT2D eigenvalue weighted by Gasteiger charge is 2.48. The molecule has 2 atom stereocenters. The monoisotopic (exact) mass is 612 g/mol. The molecule has 44 heavy (non-hydrogen) atoms. The molecule has 0 spiro atoms. The summed E-state index contributed by atoms with van der Waals surface area (Å²) in [4.78, 5) is 33.7. The molecular weight excluding hydrogens is 580 g/mol. The summed E-state index contributed by atoms with van der Waals surface area (Å²) in [7, 11) is 0. The predicted molar refractivity (Wildman–Crippen MR) is 169 cm³/mol. The van der Waals surface area contributed by atoms with E-state index >= 15 is 0 Å². The van der Waals surface area contributed by atoms with E-state index in [9.17, 15) is 14.7 Å². The maximum atomic E-state index is 13.8. The third-order valence-corrected chi connectivity index (χ3v) is 8.44. The summed E-state index contributed by atoms with van der Waals surface area (Å²) in [6.07, 6.45) is 2.31. The van der Waals surface area contributed by atoms with Crippen LogP contribution in [0.2, 0.25) is 0 Å². The minimum atomic E-state index is -0.988. The maximum Gasteiger partial charge on any atom is 0.301 e. The van der Waals surface area contributed by atoms with E-state index in [1.165, 1.54) is 16.2 Å². The van der Waals surface area contributed by atoms with Crippen LogP contribution in [0, 0.1) is 0 Å². The second-order valence-corrected chi connectivity index (χ2v) is 11.4. The number of carbonyl (C=O) groups is 2. The summed E-state index contributed by atoms with van der Waals surface area (Å²) in [5.41, 5.74) is 2.51. The van der Waals surface area contributed by atoms with Crippen LogP contribution in [0.1, 0.15) is 43.5 Å². The number of carbonyl (C=O) groups excluding carboxylic acids is 2. The Morgan fingerprint density at radius 1 is 1.07 bits per heavy atom. The van der Waals surface area contributed by atoms with Gasteiger partial charge in [-0.05, 0) is 80.4 Å². The highest BCUT2D eigenvalue weighted by Crippen LogP contribution is 2.46. The number of aliphatic hydroxyl groups excluding tert-OH is 1. The van der Waals surface area contributed by atoms with Crippen LogP contribution in [0.15, 0.2) is 72.8 Å². The standard InChI is InChI=1S/C34H32N2O7S/c1-5-14-42-26-13-8-20(17-27(26)41-7-3)30-29(31(37)21-9-12-25-22(16-21)15-19(4)43-25)32(38)33(39)36(30)34-35-24-11-10-23(40-6-2)18-28(24)44-34/h5,8-13,16-19,30,37H,1,6-7,14-15H2,2-4H3/b31-29+/t19-,30-/m0/s1. The molecule has 0 bridgehead atoms. The average Bonchev–Trinajstić information content (AvgIpc) is 3.68. The number of Topliss-reactive ketones (excluding diaryl/α,β-unsaturated/α-hetero) is 1. The number of ketones is 1. The number of aromatic nitrogens is 1. The van der Waals surface area contributed by atoms with E-state index in [0.717, 1.165) is 16.0 Å². The lowest BCUT2D eigenvalue weighted by molar-refractivity contribution is -0.132. The van der Waals surface area contributed by atoms with Gasteiger partial charge in [0.05, 0.1) is 35.0 Å². The summed E-state index contributed by atoms with van der Waals surface area (Å²) in [6.45, 7) is 10.6. The average molecular weight is 613 g/mol. The molecule has 3 heterocycles. The van der Waals surface area contributed by atoms with Gasteiger partial charge in [0.1, 0.15) is 30.0 Å². The molecule has 0 unspecified atom stereocenters. The van der Waals surface area contributed by atoms with Crippen molar-refractivity contribution in [1.82, 2.24) is 4.98 Å². The number of hydrogen-bond donors (Lipinski definition) is 1. The molecule has 3 aromatic carbocycles. The number of hydrogen-bond acceptors (Lipinski definition) is 9. The largest absolute Gasteiger partial charge is 0.507 e. The van der Waals surface area contributed by atoms with Crippen molar-refractivity contribution in [3.8, 4) is 23.0 Å². The van der Waals surface area contributed by atoms with Gasteiger partial charge in [-0.3, -0.25) is 14.5 Å². The van der Waals surface area contributed by atoms with E-state index < -0.39 is 17.7 Å². The number of fused-ring (bicyclic) bond motifs is 2. The third-order valence-electron chi connectivity index (χ3n) is 7.42. The lowest BCUT2D eigenvalue weighted by Gasteiger charge is -2.24. The SMILES string of the molecule is C=CCOc1ccc([C@H]2/C(=C(\O)c3ccc4c(c3)C[C@H](C)O4)C(=O)C(=O)N2c2nc3ccc(OCC)cc3s2)cc1OCC. The zero-order valence-electron chi connectivity index (χ0n) is 24.7. The van der Waals surface area contributed by atoms with Gasteiger partial charge >= 0.3 is 5.91 Å². The first-order valence-corrected chi connectivity index (χ1v) is 15.3. The molecule has 2 aliphatic heterocycles. The van der Waals surface area contributed by atoms with Crippen molar-refractivity contribution >= 4 is 44.1 Å². The fourth-order valence-corrected chi connectivity index (χ4v) is 6.57. The number of amides is 1. The van der Waals surface area contributed by atoms with Crippen molar-refractivity contribution < 1.29 is 33.6 Å². The Labute approximate surface area is 259 Å². The number of ether oxygens (including phenoxy) is 4. The maximum absolute atomic E-state index is 13.8. The Balaban J connectivity index is 1.52. The zero-order valence-corrected chi connectivity index (χ0v) is 25.5. The number of thiazole rings is 1. The quantitative estimate of drug-likeness (QED) is 0.0923. The van der Waals surface area contributed by atoms with E-state index in [1.807, 2.05) is 45.0 Å². The van der Waals surface area contributed by atoms with Gasteiger partial charge in [-0.1, -0.05) is 30.1 Å². The summed E-state index contributed by atoms with van der Waals surface area (Å²) in [6, 6.07) is 15.0. The van der Waals surface area contributed by atoms with E-state index in [2.05, 4.69) is 6.58 Å². The van der Waals surface area contributed by atoms with Crippen molar-refractivity contribution in [2.24, 2.45) is 0 Å². The fraction of sp³-hybridized carbons (Fsp3) is 0.265. The summed E-state index contributed by atoms with van der Waals surface area (Å²) in [5, 5.41) is 12.0. The van der Waals surface area contributed by atoms with Crippen LogP contribution >= 0.6 is 11.3 Å². The highest BCUT2D eigenvalue weighted by molar-refractivity contribution is 7.22. The van der Waals surface area contributed by atoms with E-state index in [-0.39, 0.29) is 24.0 Å². The van der Waals surface area contributed by atoms with Gasteiger partial charge in [-0.2, -0.15) is 0 Å². The first-order valence-electron chi connectivity index (χ1n) is 14.5. The summed E-state index contributed by atoms with van der Waals surface area (Å²) in [5.74, 6) is 0.474. The number of anilines is 1. The van der Waals surface area contributed by atoms with Gasteiger partial charge in [0.25, 0.3) is 5.78 Å². The molecule has 10 heteroatoms. The molecule has 9 nitrogen and oxygen atoms in total. The molecular formula is C34H32N2O7S. The topological polar surface area (TPSA) is 107 Å². The van der Waals surface area contributed by atoms with Gasteiger partial charge in [0, 0.05) is 12.0 Å². The predicted octanol–water partition coefficient (Wildman–Crippen LogP) is 6.61. The first kappa shape index (κ1) is 29.3. The molecule has 4 aromatic rings. The van der Waals surface area contributed by atoms with Crippen LogP contribution in [0.25, 0.3) is 16.0 Å². The zero-order chi connectivity index (χ0) is 31.0. The molecule has 1 amide bonds. The summed E-state index contributed by atoms with van der Waals surface area (Å²) < 4.78 is 23.9. The number of rotatable bonds is 10. The van der Waals surface area contributed by atoms with Gasteiger partial charge < -0.3 is 24.1 Å². The molecule has 2 aliphatic rings. The first-order chi connectivity index (χ1) is 21.3. The Hall–Kier alpha value is -4.83. The minimum Gasteiger partial charge on any atom is -0.507 e. The molecule has 1 N–H and O–H groups in total. The molecule has 0 saturated carbocycles. The molecule has 6 rings (SSSR count). The normalized spacial score (nSPS) is 18.8. The van der Waals surface area contributed by atoms with Crippen molar-refractivity contribution in [2.45, 2.75) is 39.3 Å². The molecule has 0 aliphatic carbocycles. The molecule has 1 fully saturated rings. The molecule has 226 valence electrons. The van der Waals surface area contributed by atoms with Crippen LogP contribution in [0.5, 0.6) is 23.0 Å².